The molecule has 4 aromatic rings. The molecule has 1 aliphatic carbocycles. The highest BCUT2D eigenvalue weighted by atomic mass is 19.3. The van der Waals surface area contributed by atoms with E-state index in [2.05, 4.69) is 37.7 Å². The Morgan fingerprint density at radius 3 is 2.49 bits per heavy atom. The Labute approximate surface area is 204 Å². The van der Waals surface area contributed by atoms with Gasteiger partial charge < -0.3 is 13.7 Å². The van der Waals surface area contributed by atoms with E-state index in [1.165, 1.54) is 0 Å². The molecule has 0 bridgehead atoms. The molecule has 0 N–H and O–H groups in total. The molecular formula is C25H28B2F2N4O2. The normalized spacial score (nSPS) is 16.7. The first-order valence-electron chi connectivity index (χ1n) is 12.0. The summed E-state index contributed by atoms with van der Waals surface area (Å²) in [5.74, 6) is -1.77. The Balaban J connectivity index is 1.71. The van der Waals surface area contributed by atoms with Gasteiger partial charge in [0, 0.05) is 66.8 Å². The van der Waals surface area contributed by atoms with Gasteiger partial charge in [0.1, 0.15) is 21.5 Å². The van der Waals surface area contributed by atoms with Crippen LogP contribution in [0, 0.1) is 19.8 Å². The van der Waals surface area contributed by atoms with Crippen molar-refractivity contribution in [2.45, 2.75) is 50.8 Å². The fourth-order valence-electron chi connectivity index (χ4n) is 5.52. The molecule has 5 rings (SSSR count). The van der Waals surface area contributed by atoms with Crippen LogP contribution >= 0.6 is 0 Å². The van der Waals surface area contributed by atoms with Crippen LogP contribution in [0.2, 0.25) is 0 Å². The number of halogens is 2. The number of alkyl halides is 2. The molecule has 10 heteroatoms. The van der Waals surface area contributed by atoms with Gasteiger partial charge in [-0.1, -0.05) is 5.16 Å². The lowest BCUT2D eigenvalue weighted by molar-refractivity contribution is -0.0498. The van der Waals surface area contributed by atoms with Gasteiger partial charge in [-0.25, -0.2) is 8.78 Å². The van der Waals surface area contributed by atoms with Crippen molar-refractivity contribution in [2.75, 3.05) is 0 Å². The van der Waals surface area contributed by atoms with Gasteiger partial charge in [-0.3, -0.25) is 9.78 Å². The smallest absolute Gasteiger partial charge is 0.250 e. The van der Waals surface area contributed by atoms with Gasteiger partial charge in [-0.15, -0.1) is 0 Å². The topological polar surface area (TPSA) is 65.8 Å². The largest absolute Gasteiger partial charge is 0.361 e. The quantitative estimate of drug-likeness (QED) is 0.424. The number of hydrogen-bond donors (Lipinski definition) is 0. The average Bonchev–Trinajstić information content (AvgIpc) is 3.35. The van der Waals surface area contributed by atoms with Crippen molar-refractivity contribution in [3.05, 3.63) is 58.6 Å². The summed E-state index contributed by atoms with van der Waals surface area (Å²) in [4.78, 5) is 16.8. The predicted octanol–water partition coefficient (Wildman–Crippen LogP) is 3.38. The molecule has 1 saturated carbocycles. The molecule has 35 heavy (non-hydrogen) atoms. The van der Waals surface area contributed by atoms with Gasteiger partial charge in [0.2, 0.25) is 11.5 Å². The average molecular weight is 476 g/mol. The van der Waals surface area contributed by atoms with E-state index < -0.39 is 11.3 Å². The highest BCUT2D eigenvalue weighted by Gasteiger charge is 2.41. The van der Waals surface area contributed by atoms with Gasteiger partial charge in [0.15, 0.2) is 0 Å². The van der Waals surface area contributed by atoms with E-state index in [0.29, 0.717) is 18.6 Å². The summed E-state index contributed by atoms with van der Waals surface area (Å²) in [5.41, 5.74) is 5.98. The summed E-state index contributed by atoms with van der Waals surface area (Å²) < 4.78 is 37.0. The standard InChI is InChI=1S/C25H28B2F2N4O2/c1-14-22(15(2)35-31-14)17-10-20-23(30-11-17)19(16-4-5-21(34)32(3)12-16)13-33(20)25(26,27)18-6-8-24(28,29)9-7-18/h4-5,10-13,18H,6-9,26-27H2,1-3H3. The molecule has 6 nitrogen and oxygen atoms in total. The molecule has 1 aliphatic rings. The van der Waals surface area contributed by atoms with E-state index in [-0.39, 0.29) is 24.3 Å². The number of hydrogen-bond acceptors (Lipinski definition) is 4. The first kappa shape index (κ1) is 23.6. The zero-order valence-electron chi connectivity index (χ0n) is 20.7. The molecule has 4 heterocycles. The van der Waals surface area contributed by atoms with Gasteiger partial charge in [0.05, 0.1) is 16.7 Å². The van der Waals surface area contributed by atoms with Crippen molar-refractivity contribution in [3.63, 3.8) is 0 Å². The van der Waals surface area contributed by atoms with Gasteiger partial charge in [-0.05, 0) is 50.1 Å². The Hall–Kier alpha value is -3.16. The maximum absolute atomic E-state index is 13.9. The minimum absolute atomic E-state index is 0.0868. The lowest BCUT2D eigenvalue weighted by Gasteiger charge is -2.41. The molecule has 0 saturated heterocycles. The van der Waals surface area contributed by atoms with E-state index >= 15 is 0 Å². The summed E-state index contributed by atoms with van der Waals surface area (Å²) in [7, 11) is 5.96. The number of pyridine rings is 2. The molecular weight excluding hydrogens is 448 g/mol. The maximum atomic E-state index is 13.9. The van der Waals surface area contributed by atoms with Crippen molar-refractivity contribution in [1.29, 1.82) is 0 Å². The Morgan fingerprint density at radius 1 is 1.14 bits per heavy atom. The first-order chi connectivity index (χ1) is 16.5. The van der Waals surface area contributed by atoms with E-state index in [1.54, 1.807) is 29.9 Å². The van der Waals surface area contributed by atoms with E-state index in [9.17, 15) is 13.6 Å². The second-order valence-corrected chi connectivity index (χ2v) is 10.4. The Kier molecular flexibility index (Phi) is 5.53. The Morgan fingerprint density at radius 2 is 1.86 bits per heavy atom. The molecule has 180 valence electrons. The third-order valence-corrected chi connectivity index (χ3v) is 7.70. The summed E-state index contributed by atoms with van der Waals surface area (Å²) in [6.45, 7) is 3.78. The molecule has 0 radical (unpaired) electrons. The molecule has 0 aliphatic heterocycles. The summed E-state index contributed by atoms with van der Waals surface area (Å²) in [6.07, 6.45) is 6.43. The van der Waals surface area contributed by atoms with Crippen molar-refractivity contribution in [3.8, 4) is 22.3 Å². The van der Waals surface area contributed by atoms with Crippen LogP contribution in [0.5, 0.6) is 0 Å². The lowest BCUT2D eigenvalue weighted by atomic mass is 9.52. The number of fused-ring (bicyclic) bond motifs is 1. The van der Waals surface area contributed by atoms with Crippen molar-refractivity contribution < 1.29 is 13.3 Å². The predicted molar refractivity (Wildman–Crippen MR) is 137 cm³/mol. The molecule has 4 aromatic heterocycles. The molecule has 1 fully saturated rings. The van der Waals surface area contributed by atoms with Crippen molar-refractivity contribution in [1.82, 2.24) is 19.3 Å². The van der Waals surface area contributed by atoms with E-state index in [4.69, 9.17) is 9.51 Å². The molecule has 0 spiro atoms. The minimum atomic E-state index is -2.58. The summed E-state index contributed by atoms with van der Waals surface area (Å²) in [6, 6.07) is 5.43. The number of aryl methyl sites for hydroxylation is 3. The van der Waals surface area contributed by atoms with Crippen LogP contribution in [-0.4, -0.2) is 40.9 Å². The second kappa shape index (κ2) is 8.21. The van der Waals surface area contributed by atoms with Crippen LogP contribution in [0.25, 0.3) is 33.3 Å². The van der Waals surface area contributed by atoms with Crippen molar-refractivity contribution in [2.24, 2.45) is 13.0 Å². The van der Waals surface area contributed by atoms with Crippen LogP contribution < -0.4 is 5.56 Å². The van der Waals surface area contributed by atoms with E-state index in [0.717, 1.165) is 39.0 Å². The van der Waals surface area contributed by atoms with Crippen LogP contribution in [0.4, 0.5) is 8.78 Å². The van der Waals surface area contributed by atoms with Gasteiger partial charge in [0.25, 0.3) is 0 Å². The highest BCUT2D eigenvalue weighted by Crippen LogP contribution is 2.43. The molecule has 0 atom stereocenters. The monoisotopic (exact) mass is 476 g/mol. The fourth-order valence-corrected chi connectivity index (χ4v) is 5.52. The third-order valence-electron chi connectivity index (χ3n) is 7.70. The molecule has 0 aromatic carbocycles. The molecule has 0 unspecified atom stereocenters. The zero-order valence-corrected chi connectivity index (χ0v) is 20.7. The van der Waals surface area contributed by atoms with E-state index in [1.807, 2.05) is 20.0 Å². The second-order valence-electron chi connectivity index (χ2n) is 10.4. The minimum Gasteiger partial charge on any atom is -0.361 e. The maximum Gasteiger partial charge on any atom is 0.250 e. The summed E-state index contributed by atoms with van der Waals surface area (Å²) in [5, 5.41) is 3.66. The van der Waals surface area contributed by atoms with Crippen molar-refractivity contribution >= 4 is 26.7 Å². The molecule has 0 amide bonds. The third kappa shape index (κ3) is 4.02. The van der Waals surface area contributed by atoms with Gasteiger partial charge >= 0.3 is 0 Å². The van der Waals surface area contributed by atoms with Crippen LogP contribution in [-0.2, 0) is 12.4 Å². The fraction of sp³-hybridized carbons (Fsp3) is 0.400. The Bertz CT molecular complexity index is 1460. The number of aromatic nitrogens is 4. The van der Waals surface area contributed by atoms with Crippen LogP contribution in [0.1, 0.15) is 37.1 Å². The zero-order chi connectivity index (χ0) is 25.1. The first-order valence-corrected chi connectivity index (χ1v) is 12.0. The summed E-state index contributed by atoms with van der Waals surface area (Å²) >= 11 is 0. The van der Waals surface area contributed by atoms with Crippen LogP contribution in [0.3, 0.4) is 0 Å². The SMILES string of the molecule is BC(B)(C1CCC(F)(F)CC1)n1cc(-c2ccc(=O)n(C)c2)c2ncc(-c3c(C)noc3C)cc21. The number of nitrogens with zero attached hydrogens (tertiary/aromatic N) is 4. The lowest BCUT2D eigenvalue weighted by Crippen LogP contribution is -2.45. The van der Waals surface area contributed by atoms with Crippen LogP contribution in [0.15, 0.2) is 46.1 Å². The number of rotatable bonds is 4. The van der Waals surface area contributed by atoms with Gasteiger partial charge in [-0.2, -0.15) is 0 Å². The highest BCUT2D eigenvalue weighted by molar-refractivity contribution is 6.38.